The van der Waals surface area contributed by atoms with Gasteiger partial charge in [0.05, 0.1) is 18.6 Å². The molecule has 1 aromatic carbocycles. The molecule has 0 amide bonds. The van der Waals surface area contributed by atoms with Crippen molar-refractivity contribution in [1.29, 1.82) is 0 Å². The summed E-state index contributed by atoms with van der Waals surface area (Å²) < 4.78 is 56.1. The van der Waals surface area contributed by atoms with E-state index in [-0.39, 0.29) is 22.1 Å². The zero-order valence-corrected chi connectivity index (χ0v) is 14.4. The number of nitrogens with one attached hydrogen (secondary N) is 1. The molecule has 0 aliphatic carbocycles. The van der Waals surface area contributed by atoms with Crippen molar-refractivity contribution in [2.45, 2.75) is 11.8 Å². The van der Waals surface area contributed by atoms with Gasteiger partial charge in [-0.25, -0.2) is 16.8 Å². The Bertz CT molecular complexity index is 788. The molecule has 0 aliphatic rings. The largest absolute Gasteiger partial charge is 0.497 e. The van der Waals surface area contributed by atoms with E-state index in [1.165, 1.54) is 26.2 Å². The first-order valence-electron chi connectivity index (χ1n) is 6.40. The van der Waals surface area contributed by atoms with Gasteiger partial charge in [-0.15, -0.1) is 0 Å². The predicted octanol–water partition coefficient (Wildman–Crippen LogP) is 0.162. The molecule has 11 heteroatoms. The van der Waals surface area contributed by atoms with Gasteiger partial charge >= 0.3 is 5.97 Å². The average molecular weight is 366 g/mol. The Labute approximate surface area is 135 Å². The van der Waals surface area contributed by atoms with Gasteiger partial charge in [-0.3, -0.25) is 9.52 Å². The molecular formula is C12H18N2O7S2. The Morgan fingerprint density at radius 3 is 2.39 bits per heavy atom. The molecule has 0 unspecified atom stereocenters. The summed E-state index contributed by atoms with van der Waals surface area (Å²) in [6, 6.07) is 3.71. The number of methoxy groups -OCH3 is 1. The topological polar surface area (TPSA) is 130 Å². The van der Waals surface area contributed by atoms with E-state index in [2.05, 4.69) is 4.72 Å². The van der Waals surface area contributed by atoms with E-state index < -0.39 is 32.6 Å². The molecule has 0 saturated carbocycles. The molecule has 0 bridgehead atoms. The number of hydrogen-bond acceptors (Lipinski definition) is 6. The molecule has 0 radical (unpaired) electrons. The fourth-order valence-electron chi connectivity index (χ4n) is 1.62. The second-order valence-electron chi connectivity index (χ2n) is 4.52. The summed E-state index contributed by atoms with van der Waals surface area (Å²) in [5.74, 6) is -1.34. The lowest BCUT2D eigenvalue weighted by Gasteiger charge is -2.18. The Kier molecular flexibility index (Phi) is 5.97. The van der Waals surface area contributed by atoms with Crippen molar-refractivity contribution in [1.82, 2.24) is 4.31 Å². The van der Waals surface area contributed by atoms with Crippen molar-refractivity contribution in [3.63, 3.8) is 0 Å². The molecular weight excluding hydrogens is 348 g/mol. The van der Waals surface area contributed by atoms with Crippen LogP contribution in [0.25, 0.3) is 0 Å². The summed E-state index contributed by atoms with van der Waals surface area (Å²) >= 11 is 0. The van der Waals surface area contributed by atoms with Crippen molar-refractivity contribution < 1.29 is 31.5 Å². The van der Waals surface area contributed by atoms with Gasteiger partial charge in [0.25, 0.3) is 0 Å². The molecule has 0 aliphatic heterocycles. The van der Waals surface area contributed by atoms with Crippen LogP contribution >= 0.6 is 0 Å². The normalized spacial score (nSPS) is 12.2. The summed E-state index contributed by atoms with van der Waals surface area (Å²) in [7, 11) is -5.50. The minimum atomic E-state index is -4.20. The monoisotopic (exact) mass is 366 g/mol. The van der Waals surface area contributed by atoms with E-state index in [4.69, 9.17) is 9.84 Å². The molecule has 0 aromatic heterocycles. The van der Waals surface area contributed by atoms with Crippen LogP contribution in [-0.2, 0) is 24.8 Å². The molecule has 23 heavy (non-hydrogen) atoms. The van der Waals surface area contributed by atoms with Crippen molar-refractivity contribution >= 4 is 31.7 Å². The van der Waals surface area contributed by atoms with Gasteiger partial charge in [0.15, 0.2) is 0 Å². The number of ether oxygens (including phenoxy) is 1. The van der Waals surface area contributed by atoms with Gasteiger partial charge in [0.2, 0.25) is 20.0 Å². The van der Waals surface area contributed by atoms with Crippen LogP contribution in [-0.4, -0.2) is 58.7 Å². The molecule has 0 heterocycles. The minimum absolute atomic E-state index is 0.205. The number of aliphatic carboxylic acids is 1. The highest BCUT2D eigenvalue weighted by Crippen LogP contribution is 2.29. The number of rotatable bonds is 8. The number of sulfonamides is 2. The van der Waals surface area contributed by atoms with Crippen LogP contribution in [0.2, 0.25) is 0 Å². The zero-order valence-electron chi connectivity index (χ0n) is 12.8. The van der Waals surface area contributed by atoms with Crippen LogP contribution in [0.4, 0.5) is 5.69 Å². The average Bonchev–Trinajstić information content (AvgIpc) is 2.45. The van der Waals surface area contributed by atoms with Crippen molar-refractivity contribution in [3.05, 3.63) is 18.2 Å². The van der Waals surface area contributed by atoms with Crippen LogP contribution in [0, 0.1) is 0 Å². The van der Waals surface area contributed by atoms with E-state index in [1.807, 2.05) is 0 Å². The number of carboxylic acid groups (broad SMARTS) is 1. The second kappa shape index (κ2) is 7.15. The number of hydrogen-bond donors (Lipinski definition) is 2. The van der Waals surface area contributed by atoms with Gasteiger partial charge in [0, 0.05) is 13.1 Å². The number of nitrogens with zero attached hydrogens (tertiary/aromatic N) is 1. The molecule has 130 valence electrons. The molecule has 0 spiro atoms. The Morgan fingerprint density at radius 2 is 1.91 bits per heavy atom. The predicted molar refractivity (Wildman–Crippen MR) is 83.5 cm³/mol. The maximum Gasteiger partial charge on any atom is 0.318 e. The lowest BCUT2D eigenvalue weighted by Crippen LogP contribution is -2.32. The molecule has 1 rings (SSSR count). The fraction of sp³-hybridized carbons (Fsp3) is 0.417. The summed E-state index contributed by atoms with van der Waals surface area (Å²) in [5, 5.41) is 8.73. The van der Waals surface area contributed by atoms with E-state index in [9.17, 15) is 21.6 Å². The fourth-order valence-corrected chi connectivity index (χ4v) is 3.58. The first-order valence-corrected chi connectivity index (χ1v) is 9.49. The first-order chi connectivity index (χ1) is 10.5. The van der Waals surface area contributed by atoms with Gasteiger partial charge in [-0.2, -0.15) is 4.31 Å². The number of carboxylic acids is 1. The molecule has 0 fully saturated rings. The third-order valence-electron chi connectivity index (χ3n) is 2.88. The summed E-state index contributed by atoms with van der Waals surface area (Å²) in [6.07, 6.45) is 0. The number of likely N-dealkylation sites (N-methyl/N-ethyl adjacent to an activating group) is 1. The summed E-state index contributed by atoms with van der Waals surface area (Å²) in [4.78, 5) is 10.3. The second-order valence-corrected chi connectivity index (χ2v) is 8.55. The number of benzene rings is 1. The molecule has 0 atom stereocenters. The Balaban J connectivity index is 3.43. The zero-order chi connectivity index (χ0) is 17.8. The number of anilines is 1. The molecule has 1 aromatic rings. The van der Waals surface area contributed by atoms with Gasteiger partial charge < -0.3 is 9.84 Å². The van der Waals surface area contributed by atoms with Crippen LogP contribution in [0.1, 0.15) is 6.92 Å². The van der Waals surface area contributed by atoms with Crippen molar-refractivity contribution in [2.24, 2.45) is 0 Å². The van der Waals surface area contributed by atoms with E-state index in [0.29, 0.717) is 4.31 Å². The van der Waals surface area contributed by atoms with Crippen molar-refractivity contribution in [2.75, 3.05) is 31.2 Å². The van der Waals surface area contributed by atoms with Crippen molar-refractivity contribution in [3.8, 4) is 5.75 Å². The highest BCUT2D eigenvalue weighted by molar-refractivity contribution is 7.93. The van der Waals surface area contributed by atoms with E-state index in [1.54, 1.807) is 0 Å². The lowest BCUT2D eigenvalue weighted by molar-refractivity contribution is -0.137. The Hall–Kier alpha value is -1.85. The van der Waals surface area contributed by atoms with Crippen LogP contribution in [0.5, 0.6) is 5.75 Å². The minimum Gasteiger partial charge on any atom is -0.497 e. The summed E-state index contributed by atoms with van der Waals surface area (Å²) in [6.45, 7) is 0.640. The number of carbonyl (C=O) groups is 1. The lowest BCUT2D eigenvalue weighted by atomic mass is 10.3. The standard InChI is InChI=1S/C12H18N2O7S2/c1-4-22(17,18)13-10-7-9(21-3)5-6-11(10)23(19,20)14(2)8-12(15)16/h5-7,13H,4,8H2,1-3H3,(H,15,16). The third-order valence-corrected chi connectivity index (χ3v) is 6.03. The van der Waals surface area contributed by atoms with E-state index >= 15 is 0 Å². The van der Waals surface area contributed by atoms with Crippen LogP contribution < -0.4 is 9.46 Å². The molecule has 9 nitrogen and oxygen atoms in total. The van der Waals surface area contributed by atoms with Gasteiger partial charge in [-0.1, -0.05) is 0 Å². The van der Waals surface area contributed by atoms with Gasteiger partial charge in [0.1, 0.15) is 17.2 Å². The van der Waals surface area contributed by atoms with Gasteiger partial charge in [-0.05, 0) is 19.1 Å². The SMILES string of the molecule is CCS(=O)(=O)Nc1cc(OC)ccc1S(=O)(=O)N(C)CC(=O)O. The molecule has 0 saturated heterocycles. The molecule has 2 N–H and O–H groups in total. The van der Waals surface area contributed by atoms with Crippen LogP contribution in [0.3, 0.4) is 0 Å². The maximum absolute atomic E-state index is 12.4. The maximum atomic E-state index is 12.4. The van der Waals surface area contributed by atoms with Crippen LogP contribution in [0.15, 0.2) is 23.1 Å². The highest BCUT2D eigenvalue weighted by Gasteiger charge is 2.27. The Morgan fingerprint density at radius 1 is 1.30 bits per heavy atom. The first kappa shape index (κ1) is 19.2. The van der Waals surface area contributed by atoms with E-state index in [0.717, 1.165) is 13.1 Å². The highest BCUT2D eigenvalue weighted by atomic mass is 32.2. The summed E-state index contributed by atoms with van der Waals surface area (Å²) in [5.41, 5.74) is -0.205. The smallest absolute Gasteiger partial charge is 0.318 e. The third kappa shape index (κ3) is 4.81. The quantitative estimate of drug-likeness (QED) is 0.670.